The van der Waals surface area contributed by atoms with E-state index >= 15 is 0 Å². The summed E-state index contributed by atoms with van der Waals surface area (Å²) in [6, 6.07) is 15.1. The Balaban J connectivity index is 0.716. The average molecular weight is 924 g/mol. The molecular weight excluding hydrogens is 859 g/mol. The van der Waals surface area contributed by atoms with E-state index in [9.17, 15) is 24.6 Å². The summed E-state index contributed by atoms with van der Waals surface area (Å²) in [5, 5.41) is 39.4. The van der Waals surface area contributed by atoms with Crippen molar-refractivity contribution in [2.24, 2.45) is 17.3 Å². The summed E-state index contributed by atoms with van der Waals surface area (Å²) >= 11 is 0. The maximum atomic E-state index is 14.2. The van der Waals surface area contributed by atoms with Crippen LogP contribution in [-0.4, -0.2) is 134 Å². The number of terminal acetylenes is 1. The van der Waals surface area contributed by atoms with Gasteiger partial charge >= 0.3 is 0 Å². The first kappa shape index (κ1) is 46.8. The molecule has 3 amide bonds. The zero-order valence-corrected chi connectivity index (χ0v) is 39.5. The van der Waals surface area contributed by atoms with Gasteiger partial charge < -0.3 is 45.8 Å². The van der Waals surface area contributed by atoms with Gasteiger partial charge in [0.15, 0.2) is 5.82 Å². The highest BCUT2D eigenvalue weighted by molar-refractivity contribution is 5.93. The third-order valence-corrected chi connectivity index (χ3v) is 14.8. The third kappa shape index (κ3) is 10.4. The van der Waals surface area contributed by atoms with E-state index in [4.69, 9.17) is 16.4 Å². The molecule has 6 heterocycles. The first-order chi connectivity index (χ1) is 32.8. The normalized spacial score (nSPS) is 23.7. The molecule has 68 heavy (non-hydrogen) atoms. The first-order valence-corrected chi connectivity index (χ1v) is 24.4. The number of amides is 3. The molecule has 5 N–H and O–H groups in total. The minimum atomic E-state index is -0.847. The highest BCUT2D eigenvalue weighted by Crippen LogP contribution is 2.38. The molecule has 2 aromatic carbocycles. The Kier molecular flexibility index (Phi) is 13.8. The molecule has 4 aliphatic heterocycles. The Morgan fingerprint density at radius 3 is 2.35 bits per heavy atom. The fourth-order valence-corrected chi connectivity index (χ4v) is 10.8. The number of nitrogens with zero attached hydrogens (tertiary/aromatic N) is 8. The minimum absolute atomic E-state index is 0.0366. The number of aliphatic hydroxyl groups excluding tert-OH is 1. The Bertz CT molecular complexity index is 2470. The van der Waals surface area contributed by atoms with Crippen LogP contribution in [0.4, 0.5) is 17.5 Å². The second-order valence-corrected chi connectivity index (χ2v) is 20.5. The summed E-state index contributed by atoms with van der Waals surface area (Å²) in [4.78, 5) is 59.8. The van der Waals surface area contributed by atoms with Crippen molar-refractivity contribution in [2.45, 2.75) is 102 Å². The molecule has 0 spiro atoms. The van der Waals surface area contributed by atoms with E-state index in [0.29, 0.717) is 23.1 Å². The third-order valence-electron chi connectivity index (χ3n) is 14.8. The van der Waals surface area contributed by atoms with Crippen molar-refractivity contribution in [1.29, 1.82) is 0 Å². The molecule has 0 bridgehead atoms. The predicted molar refractivity (Wildman–Crippen MR) is 261 cm³/mol. The van der Waals surface area contributed by atoms with Crippen molar-refractivity contribution in [2.75, 3.05) is 67.5 Å². The van der Waals surface area contributed by atoms with E-state index in [1.54, 1.807) is 12.1 Å². The van der Waals surface area contributed by atoms with Crippen LogP contribution < -0.4 is 25.8 Å². The zero-order chi connectivity index (χ0) is 47.5. The molecule has 4 atom stereocenters. The van der Waals surface area contributed by atoms with E-state index in [1.807, 2.05) is 75.6 Å². The number of nitrogens with one attached hydrogen (secondary N) is 3. The number of hydrogen-bond acceptors (Lipinski definition) is 13. The lowest BCUT2D eigenvalue weighted by atomic mass is 9.80. The number of fused-ring (bicyclic) bond motifs is 3. The van der Waals surface area contributed by atoms with Crippen LogP contribution in [0.3, 0.4) is 0 Å². The van der Waals surface area contributed by atoms with Crippen molar-refractivity contribution in [1.82, 2.24) is 40.6 Å². The summed E-state index contributed by atoms with van der Waals surface area (Å²) < 4.78 is 0. The van der Waals surface area contributed by atoms with Gasteiger partial charge in [0.2, 0.25) is 23.7 Å². The molecule has 1 saturated carbocycles. The van der Waals surface area contributed by atoms with E-state index in [1.165, 1.54) is 10.5 Å². The van der Waals surface area contributed by atoms with Crippen LogP contribution in [0.5, 0.6) is 5.75 Å². The Hall–Kier alpha value is -6.31. The molecule has 0 radical (unpaired) electrons. The van der Waals surface area contributed by atoms with Crippen molar-refractivity contribution in [3.63, 3.8) is 0 Å². The SMILES string of the molecule is C#Cc1ccc(CNC(=O)[C@@H]2C[C@@H](O)CN2C(=O)[C@@H](NC(=O)[C@H]2CC[C@H](CN3CCC(c4cnc(N5CCN6c7cc(-c8ccccc8O)nnc7NC[C@H]6C5)nc4)CC3)CC2)C(C)(C)C)cc1. The molecule has 4 aromatic rings. The number of piperidine rings is 1. The number of aliphatic hydroxyl groups is 1. The van der Waals surface area contributed by atoms with Gasteiger partial charge in [-0.3, -0.25) is 14.4 Å². The molecule has 1 aliphatic carbocycles. The van der Waals surface area contributed by atoms with Gasteiger partial charge in [-0.15, -0.1) is 16.6 Å². The lowest BCUT2D eigenvalue weighted by Crippen LogP contribution is -2.58. The van der Waals surface area contributed by atoms with Crippen LogP contribution in [0, 0.1) is 29.6 Å². The highest BCUT2D eigenvalue weighted by Gasteiger charge is 2.45. The Morgan fingerprint density at radius 1 is 0.912 bits per heavy atom. The molecule has 5 aliphatic rings. The van der Waals surface area contributed by atoms with Gasteiger partial charge in [0.05, 0.1) is 23.5 Å². The number of carbonyl (C=O) groups is 3. The van der Waals surface area contributed by atoms with Crippen LogP contribution in [0.2, 0.25) is 0 Å². The van der Waals surface area contributed by atoms with Crippen LogP contribution in [0.1, 0.15) is 88.3 Å². The molecule has 4 fully saturated rings. The lowest BCUT2D eigenvalue weighted by Gasteiger charge is -2.45. The zero-order valence-electron chi connectivity index (χ0n) is 39.5. The highest BCUT2D eigenvalue weighted by atomic mass is 16.3. The first-order valence-electron chi connectivity index (χ1n) is 24.4. The van der Waals surface area contributed by atoms with Gasteiger partial charge in [0, 0.05) is 81.7 Å². The van der Waals surface area contributed by atoms with E-state index in [2.05, 4.69) is 46.8 Å². The molecule has 9 rings (SSSR count). The molecule has 16 heteroatoms. The smallest absolute Gasteiger partial charge is 0.246 e. The number of likely N-dealkylation sites (tertiary alicyclic amines) is 2. The maximum Gasteiger partial charge on any atom is 0.246 e. The topological polar surface area (TPSA) is 192 Å². The number of phenols is 1. The number of hydrogen-bond donors (Lipinski definition) is 5. The van der Waals surface area contributed by atoms with Crippen molar-refractivity contribution >= 4 is 35.2 Å². The fraction of sp³-hybridized carbons (Fsp3) is 0.519. The number of β-amino-alcohol motifs (C(OH)–C–C–N with tert-alkyl or cyclic N) is 1. The van der Waals surface area contributed by atoms with E-state index in [-0.39, 0.29) is 54.9 Å². The number of rotatable bonds is 11. The van der Waals surface area contributed by atoms with E-state index < -0.39 is 23.6 Å². The summed E-state index contributed by atoms with van der Waals surface area (Å²) in [6.45, 7) is 12.2. The van der Waals surface area contributed by atoms with Crippen LogP contribution in [0.25, 0.3) is 11.3 Å². The summed E-state index contributed by atoms with van der Waals surface area (Å²) in [5.41, 5.74) is 4.49. The molecule has 16 nitrogen and oxygen atoms in total. The fourth-order valence-electron chi connectivity index (χ4n) is 10.8. The second-order valence-electron chi connectivity index (χ2n) is 20.5. The average Bonchev–Trinajstić information content (AvgIpc) is 3.76. The number of phenolic OH excluding ortho intramolecular Hbond substituents is 1. The van der Waals surface area contributed by atoms with Crippen LogP contribution in [0.15, 0.2) is 67.0 Å². The quantitative estimate of drug-likeness (QED) is 0.132. The predicted octanol–water partition coefficient (Wildman–Crippen LogP) is 4.54. The maximum absolute atomic E-state index is 14.2. The van der Waals surface area contributed by atoms with Crippen LogP contribution in [-0.2, 0) is 20.9 Å². The van der Waals surface area contributed by atoms with Crippen LogP contribution >= 0.6 is 0 Å². The van der Waals surface area contributed by atoms with Gasteiger partial charge in [0.1, 0.15) is 17.8 Å². The largest absolute Gasteiger partial charge is 0.507 e. The van der Waals surface area contributed by atoms with Crippen molar-refractivity contribution in [3.8, 4) is 29.4 Å². The number of benzene rings is 2. The standard InChI is InChI=1S/C52H65N11O5/c1-5-33-10-12-34(13-11-33)26-54-49(67)44-24-40(64)32-63(44)50(68)46(52(2,3)4)57-48(66)37-16-14-35(15-17-37)30-60-20-18-36(19-21-60)38-27-55-51(56-28-38)61-22-23-62-39(31-61)29-53-47-43(62)25-42(58-59-47)41-8-6-7-9-45(41)65/h1,6-13,25,27-28,35-37,39-40,44,46,64-65H,14-24,26,29-32H2,2-4H3,(H,53,59)(H,54,67)(H,57,66)/t35-,37-,39-,40+,44-,46+/m0/s1. The summed E-state index contributed by atoms with van der Waals surface area (Å²) in [7, 11) is 0. The Labute approximate surface area is 399 Å². The number of aromatic hydroxyl groups is 1. The van der Waals surface area contributed by atoms with Gasteiger partial charge in [-0.2, -0.15) is 0 Å². The number of carbonyl (C=O) groups excluding carboxylic acids is 3. The summed E-state index contributed by atoms with van der Waals surface area (Å²) in [6.07, 6.45) is 14.4. The lowest BCUT2D eigenvalue weighted by molar-refractivity contribution is -0.144. The number of para-hydroxylation sites is 1. The van der Waals surface area contributed by atoms with Gasteiger partial charge in [-0.1, -0.05) is 51.0 Å². The van der Waals surface area contributed by atoms with Gasteiger partial charge in [-0.05, 0) is 110 Å². The van der Waals surface area contributed by atoms with Gasteiger partial charge in [-0.25, -0.2) is 9.97 Å². The molecule has 0 unspecified atom stereocenters. The van der Waals surface area contributed by atoms with Crippen molar-refractivity contribution in [3.05, 3.63) is 83.7 Å². The molecule has 3 saturated heterocycles. The Morgan fingerprint density at radius 2 is 1.65 bits per heavy atom. The molecule has 2 aromatic heterocycles. The number of piperazine rings is 1. The second kappa shape index (κ2) is 20.1. The number of aromatic nitrogens is 4. The summed E-state index contributed by atoms with van der Waals surface area (Å²) in [5.74, 6) is 4.23. The van der Waals surface area contributed by atoms with Gasteiger partial charge in [0.25, 0.3) is 0 Å². The minimum Gasteiger partial charge on any atom is -0.507 e. The monoisotopic (exact) mass is 924 g/mol. The number of anilines is 3. The van der Waals surface area contributed by atoms with Crippen molar-refractivity contribution < 1.29 is 24.6 Å². The molecular formula is C52H65N11O5. The molecule has 358 valence electrons. The van der Waals surface area contributed by atoms with E-state index in [0.717, 1.165) is 113 Å².